The van der Waals surface area contributed by atoms with Crippen LogP contribution in [0.5, 0.6) is 0 Å². The summed E-state index contributed by atoms with van der Waals surface area (Å²) in [6.07, 6.45) is 4.64. The second-order valence-electron chi connectivity index (χ2n) is 3.82. The Kier molecular flexibility index (Phi) is 1.34. The van der Waals surface area contributed by atoms with E-state index >= 15 is 0 Å². The van der Waals surface area contributed by atoms with Crippen molar-refractivity contribution in [2.75, 3.05) is 0 Å². The van der Waals surface area contributed by atoms with Crippen molar-refractivity contribution in [1.82, 2.24) is 15.2 Å². The molecule has 5 heteroatoms. The molecule has 0 radical (unpaired) electrons. The van der Waals surface area contributed by atoms with Crippen LogP contribution in [0.3, 0.4) is 0 Å². The third-order valence-electron chi connectivity index (χ3n) is 2.77. The molecular formula is C9H10N4O. The van der Waals surface area contributed by atoms with E-state index in [0.717, 1.165) is 17.7 Å². The second-order valence-corrected chi connectivity index (χ2v) is 3.82. The van der Waals surface area contributed by atoms with Crippen LogP contribution >= 0.6 is 0 Å². The van der Waals surface area contributed by atoms with E-state index in [2.05, 4.69) is 15.6 Å². The highest BCUT2D eigenvalue weighted by Crippen LogP contribution is 2.43. The van der Waals surface area contributed by atoms with E-state index < -0.39 is 0 Å². The SMILES string of the molecule is Cn1cc(C2=NNC(=O)[C@@H]3C[C@H]23)cn1. The van der Waals surface area contributed by atoms with E-state index in [-0.39, 0.29) is 11.8 Å². The third-order valence-corrected chi connectivity index (χ3v) is 2.77. The predicted octanol–water partition coefficient (Wildman–Crippen LogP) is -0.110. The Bertz CT molecular complexity index is 434. The van der Waals surface area contributed by atoms with Crippen LogP contribution in [-0.2, 0) is 11.8 Å². The fraction of sp³-hybridized carbons (Fsp3) is 0.444. The van der Waals surface area contributed by atoms with Crippen molar-refractivity contribution in [2.24, 2.45) is 24.0 Å². The van der Waals surface area contributed by atoms with Gasteiger partial charge in [-0.3, -0.25) is 9.48 Å². The van der Waals surface area contributed by atoms with Gasteiger partial charge in [-0.2, -0.15) is 10.2 Å². The zero-order chi connectivity index (χ0) is 9.71. The molecule has 1 aromatic rings. The first-order valence-electron chi connectivity index (χ1n) is 4.62. The maximum Gasteiger partial charge on any atom is 0.243 e. The van der Waals surface area contributed by atoms with E-state index in [0.29, 0.717) is 5.92 Å². The molecule has 3 rings (SSSR count). The Morgan fingerprint density at radius 1 is 1.57 bits per heavy atom. The van der Waals surface area contributed by atoms with E-state index in [4.69, 9.17) is 0 Å². The minimum Gasteiger partial charge on any atom is -0.275 e. The lowest BCUT2D eigenvalue weighted by Gasteiger charge is -2.09. The summed E-state index contributed by atoms with van der Waals surface area (Å²) in [7, 11) is 1.87. The molecule has 2 aliphatic rings. The van der Waals surface area contributed by atoms with Crippen molar-refractivity contribution in [3.05, 3.63) is 18.0 Å². The van der Waals surface area contributed by atoms with Crippen LogP contribution in [0.1, 0.15) is 12.0 Å². The first kappa shape index (κ1) is 7.73. The summed E-state index contributed by atoms with van der Waals surface area (Å²) < 4.78 is 1.74. The summed E-state index contributed by atoms with van der Waals surface area (Å²) in [6, 6.07) is 0. The topological polar surface area (TPSA) is 59.3 Å². The highest BCUT2D eigenvalue weighted by atomic mass is 16.2. The molecule has 1 aliphatic heterocycles. The van der Waals surface area contributed by atoms with Crippen molar-refractivity contribution in [3.8, 4) is 0 Å². The molecule has 1 aromatic heterocycles. The van der Waals surface area contributed by atoms with Crippen molar-refractivity contribution in [1.29, 1.82) is 0 Å². The van der Waals surface area contributed by atoms with E-state index in [1.165, 1.54) is 0 Å². The molecule has 1 saturated carbocycles. The predicted molar refractivity (Wildman–Crippen MR) is 49.5 cm³/mol. The van der Waals surface area contributed by atoms with Gasteiger partial charge in [0.15, 0.2) is 0 Å². The lowest BCUT2D eigenvalue weighted by molar-refractivity contribution is -0.122. The van der Waals surface area contributed by atoms with Gasteiger partial charge >= 0.3 is 0 Å². The zero-order valence-electron chi connectivity index (χ0n) is 7.77. The third kappa shape index (κ3) is 0.982. The molecular weight excluding hydrogens is 180 g/mol. The van der Waals surface area contributed by atoms with Gasteiger partial charge in [-0.15, -0.1) is 0 Å². The molecule has 2 atom stereocenters. The van der Waals surface area contributed by atoms with Gasteiger partial charge in [0.25, 0.3) is 0 Å². The Morgan fingerprint density at radius 3 is 3.14 bits per heavy atom. The smallest absolute Gasteiger partial charge is 0.243 e. The number of aromatic nitrogens is 2. The summed E-state index contributed by atoms with van der Waals surface area (Å²) in [5, 5.41) is 8.17. The number of fused-ring (bicyclic) bond motifs is 1. The van der Waals surface area contributed by atoms with E-state index in [1.54, 1.807) is 10.9 Å². The lowest BCUT2D eigenvalue weighted by atomic mass is 10.1. The van der Waals surface area contributed by atoms with Crippen LogP contribution in [0.2, 0.25) is 0 Å². The maximum atomic E-state index is 11.2. The van der Waals surface area contributed by atoms with Gasteiger partial charge in [-0.25, -0.2) is 5.43 Å². The van der Waals surface area contributed by atoms with Gasteiger partial charge in [-0.05, 0) is 6.42 Å². The number of rotatable bonds is 1. The van der Waals surface area contributed by atoms with Gasteiger partial charge in [0.1, 0.15) is 0 Å². The number of hydrogen-bond donors (Lipinski definition) is 1. The highest BCUT2D eigenvalue weighted by Gasteiger charge is 2.49. The van der Waals surface area contributed by atoms with Gasteiger partial charge in [0, 0.05) is 30.6 Å². The van der Waals surface area contributed by atoms with Crippen molar-refractivity contribution < 1.29 is 4.79 Å². The molecule has 0 bridgehead atoms. The molecule has 1 N–H and O–H groups in total. The molecule has 0 unspecified atom stereocenters. The number of carbonyl (C=O) groups excluding carboxylic acids is 1. The summed E-state index contributed by atoms with van der Waals surface area (Å²) in [5.74, 6) is 0.540. The average molecular weight is 190 g/mol. The molecule has 1 amide bonds. The molecule has 72 valence electrons. The van der Waals surface area contributed by atoms with Gasteiger partial charge in [-0.1, -0.05) is 0 Å². The van der Waals surface area contributed by atoms with Crippen LogP contribution in [-0.4, -0.2) is 21.4 Å². The number of hydrogen-bond acceptors (Lipinski definition) is 3. The zero-order valence-corrected chi connectivity index (χ0v) is 7.77. The standard InChI is InChI=1S/C9H10N4O/c1-13-4-5(3-10-13)8-6-2-7(6)9(14)12-11-8/h3-4,6-7H,2H2,1H3,(H,12,14)/t6-,7+/m0/s1. The fourth-order valence-corrected chi connectivity index (χ4v) is 1.90. The number of carbonyl (C=O) groups is 1. The average Bonchev–Trinajstić information content (AvgIpc) is 2.85. The Hall–Kier alpha value is -1.65. The Balaban J connectivity index is 1.97. The number of nitrogens with one attached hydrogen (secondary N) is 1. The second kappa shape index (κ2) is 2.43. The van der Waals surface area contributed by atoms with Gasteiger partial charge in [0.2, 0.25) is 5.91 Å². The normalized spacial score (nSPS) is 29.2. The van der Waals surface area contributed by atoms with Crippen molar-refractivity contribution >= 4 is 11.6 Å². The molecule has 1 fully saturated rings. The fourth-order valence-electron chi connectivity index (χ4n) is 1.90. The maximum absolute atomic E-state index is 11.2. The van der Waals surface area contributed by atoms with Crippen LogP contribution in [0.4, 0.5) is 0 Å². The van der Waals surface area contributed by atoms with Crippen LogP contribution < -0.4 is 5.43 Å². The minimum atomic E-state index is 0.0580. The first-order valence-corrected chi connectivity index (χ1v) is 4.62. The van der Waals surface area contributed by atoms with Gasteiger partial charge < -0.3 is 0 Å². The summed E-state index contributed by atoms with van der Waals surface area (Å²) in [5.41, 5.74) is 4.53. The van der Waals surface area contributed by atoms with Crippen LogP contribution in [0, 0.1) is 11.8 Å². The largest absolute Gasteiger partial charge is 0.275 e. The molecule has 0 spiro atoms. The molecule has 0 saturated heterocycles. The number of aryl methyl sites for hydroxylation is 1. The van der Waals surface area contributed by atoms with Gasteiger partial charge in [0.05, 0.1) is 11.9 Å². The summed E-state index contributed by atoms with van der Waals surface area (Å²) in [6.45, 7) is 0. The Morgan fingerprint density at radius 2 is 2.43 bits per heavy atom. The van der Waals surface area contributed by atoms with Crippen LogP contribution in [0.25, 0.3) is 0 Å². The number of hydrazone groups is 1. The first-order chi connectivity index (χ1) is 6.75. The van der Waals surface area contributed by atoms with Crippen molar-refractivity contribution in [2.45, 2.75) is 6.42 Å². The highest BCUT2D eigenvalue weighted by molar-refractivity contribution is 6.09. The monoisotopic (exact) mass is 190 g/mol. The molecule has 0 aromatic carbocycles. The molecule has 5 nitrogen and oxygen atoms in total. The molecule has 14 heavy (non-hydrogen) atoms. The summed E-state index contributed by atoms with van der Waals surface area (Å²) in [4.78, 5) is 11.2. The van der Waals surface area contributed by atoms with Crippen molar-refractivity contribution in [3.63, 3.8) is 0 Å². The lowest BCUT2D eigenvalue weighted by Crippen LogP contribution is -2.28. The van der Waals surface area contributed by atoms with Crippen LogP contribution in [0.15, 0.2) is 17.5 Å². The summed E-state index contributed by atoms with van der Waals surface area (Å²) >= 11 is 0. The number of amides is 1. The molecule has 1 aliphatic carbocycles. The van der Waals surface area contributed by atoms with E-state index in [1.807, 2.05) is 13.2 Å². The quantitative estimate of drug-likeness (QED) is 0.671. The number of nitrogens with zero attached hydrogens (tertiary/aromatic N) is 3. The molecule has 2 heterocycles. The van der Waals surface area contributed by atoms with E-state index in [9.17, 15) is 4.79 Å². The Labute approximate surface area is 80.8 Å². The minimum absolute atomic E-state index is 0.0580.